The van der Waals surface area contributed by atoms with Gasteiger partial charge in [-0.25, -0.2) is 0 Å². The number of alkyl halides is 3. The highest BCUT2D eigenvalue weighted by Crippen LogP contribution is 2.48. The third-order valence-electron chi connectivity index (χ3n) is 10.7. The van der Waals surface area contributed by atoms with Gasteiger partial charge < -0.3 is 28.9 Å². The fourth-order valence-corrected chi connectivity index (χ4v) is 7.85. The lowest BCUT2D eigenvalue weighted by Crippen LogP contribution is -2.61. The van der Waals surface area contributed by atoms with E-state index >= 15 is 0 Å². The summed E-state index contributed by atoms with van der Waals surface area (Å²) < 4.78 is 59.4. The lowest BCUT2D eigenvalue weighted by molar-refractivity contribution is -0.153. The van der Waals surface area contributed by atoms with E-state index in [0.29, 0.717) is 66.2 Å². The second-order valence-electron chi connectivity index (χ2n) is 14.1. The fourth-order valence-electron chi connectivity index (χ4n) is 7.85. The number of aromatic amines is 1. The molecule has 11 nitrogen and oxygen atoms in total. The molecular formula is C38H44F3N7O4. The molecule has 3 fully saturated rings. The van der Waals surface area contributed by atoms with E-state index in [9.17, 15) is 18.0 Å². The molecule has 0 radical (unpaired) electrons. The van der Waals surface area contributed by atoms with Crippen LogP contribution in [0.5, 0.6) is 11.8 Å². The number of nitrogens with zero attached hydrogens (tertiary/aromatic N) is 6. The van der Waals surface area contributed by atoms with Gasteiger partial charge in [-0.15, -0.1) is 0 Å². The van der Waals surface area contributed by atoms with Gasteiger partial charge in [-0.2, -0.15) is 28.2 Å². The number of carbonyl (C=O) groups is 1. The number of methoxy groups -OCH3 is 1. The smallest absolute Gasteiger partial charge is 0.422 e. The van der Waals surface area contributed by atoms with Crippen molar-refractivity contribution in [1.29, 1.82) is 0 Å². The summed E-state index contributed by atoms with van der Waals surface area (Å²) in [7, 11) is 1.68. The first-order chi connectivity index (χ1) is 25.0. The van der Waals surface area contributed by atoms with E-state index in [1.807, 2.05) is 25.1 Å². The Morgan fingerprint density at radius 2 is 1.85 bits per heavy atom. The molecule has 4 aromatic rings. The van der Waals surface area contributed by atoms with Gasteiger partial charge in [0.05, 0.1) is 18.3 Å². The summed E-state index contributed by atoms with van der Waals surface area (Å²) in [6.45, 7) is 13.8. The SMILES string of the molecule is C=CC(=O)N1CC2(CCN(c3nc(OC4CCN(CCOC)CC4)nc4c(OCC(F)(F)F)c(-c5c(C)ccc6cn[nH]c56)c(C=C)cc34)CC2)C1. The Morgan fingerprint density at radius 1 is 1.10 bits per heavy atom. The number of ether oxygens (including phenoxy) is 3. The number of amides is 1. The maximum absolute atomic E-state index is 14.0. The molecule has 3 aliphatic heterocycles. The minimum atomic E-state index is -4.61. The highest BCUT2D eigenvalue weighted by atomic mass is 19.4. The van der Waals surface area contributed by atoms with Crippen LogP contribution < -0.4 is 14.4 Å². The van der Waals surface area contributed by atoms with Crippen molar-refractivity contribution in [2.24, 2.45) is 5.41 Å². The predicted molar refractivity (Wildman–Crippen MR) is 194 cm³/mol. The Morgan fingerprint density at radius 3 is 2.52 bits per heavy atom. The average molecular weight is 720 g/mol. The minimum absolute atomic E-state index is 0.00876. The third kappa shape index (κ3) is 7.05. The fraction of sp³-hybridized carbons (Fsp3) is 0.474. The van der Waals surface area contributed by atoms with Gasteiger partial charge in [0, 0.05) is 80.2 Å². The molecule has 52 heavy (non-hydrogen) atoms. The van der Waals surface area contributed by atoms with Gasteiger partial charge in [0.25, 0.3) is 0 Å². The number of piperidine rings is 2. The van der Waals surface area contributed by atoms with Gasteiger partial charge in [-0.05, 0) is 55.9 Å². The molecule has 0 atom stereocenters. The van der Waals surface area contributed by atoms with Crippen molar-refractivity contribution in [2.45, 2.75) is 44.9 Å². The highest BCUT2D eigenvalue weighted by Gasteiger charge is 2.46. The molecule has 7 rings (SSSR count). The Bertz CT molecular complexity index is 1970. The number of aryl methyl sites for hydroxylation is 1. The molecule has 1 amide bonds. The van der Waals surface area contributed by atoms with Crippen LogP contribution in [0.25, 0.3) is 39.0 Å². The first kappa shape index (κ1) is 35.7. The highest BCUT2D eigenvalue weighted by molar-refractivity contribution is 6.07. The van der Waals surface area contributed by atoms with Crippen LogP contribution in [0.3, 0.4) is 0 Å². The van der Waals surface area contributed by atoms with E-state index in [1.54, 1.807) is 24.3 Å². The normalized spacial score (nSPS) is 18.2. The summed E-state index contributed by atoms with van der Waals surface area (Å²) in [5.41, 5.74) is 3.37. The number of carbonyl (C=O) groups excluding carboxylic acids is 1. The van der Waals surface area contributed by atoms with Crippen molar-refractivity contribution >= 4 is 39.6 Å². The van der Waals surface area contributed by atoms with E-state index < -0.39 is 12.8 Å². The Labute approximate surface area is 300 Å². The summed E-state index contributed by atoms with van der Waals surface area (Å²) in [6, 6.07) is 5.80. The monoisotopic (exact) mass is 719 g/mol. The van der Waals surface area contributed by atoms with E-state index in [1.165, 1.54) is 6.08 Å². The lowest BCUT2D eigenvalue weighted by atomic mass is 9.72. The second-order valence-corrected chi connectivity index (χ2v) is 14.1. The zero-order valence-electron chi connectivity index (χ0n) is 29.6. The summed E-state index contributed by atoms with van der Waals surface area (Å²) in [4.78, 5) is 28.3. The van der Waals surface area contributed by atoms with Crippen molar-refractivity contribution in [3.63, 3.8) is 0 Å². The maximum atomic E-state index is 14.0. The first-order valence-electron chi connectivity index (χ1n) is 17.7. The standard InChI is InChI=1S/C38H44F3N7O4/c1-5-25-19-28-33(34(51-23-38(39,40)41)31(25)30-24(3)7-8-26-20-42-45-32(26)30)43-36(52-27-9-13-46(14-10-27)17-18-50-4)44-35(28)47-15-11-37(12-16-47)21-48(22-37)29(49)6-2/h5-8,19-20,27H,1-2,9-18,21-23H2,3-4H3,(H,42,45). The number of H-pyrrole nitrogens is 1. The molecule has 0 aliphatic carbocycles. The number of hydrogen-bond acceptors (Lipinski definition) is 9. The molecular weight excluding hydrogens is 675 g/mol. The number of nitrogens with one attached hydrogen (secondary N) is 1. The van der Waals surface area contributed by atoms with Crippen molar-refractivity contribution in [1.82, 2.24) is 30.0 Å². The number of benzene rings is 2. The molecule has 14 heteroatoms. The first-order valence-corrected chi connectivity index (χ1v) is 17.7. The van der Waals surface area contributed by atoms with Crippen LogP contribution >= 0.6 is 0 Å². The summed E-state index contributed by atoms with van der Waals surface area (Å²) >= 11 is 0. The Balaban J connectivity index is 1.34. The minimum Gasteiger partial charge on any atom is -0.481 e. The maximum Gasteiger partial charge on any atom is 0.422 e. The van der Waals surface area contributed by atoms with Crippen molar-refractivity contribution in [2.75, 3.05) is 71.0 Å². The van der Waals surface area contributed by atoms with Crippen LogP contribution in [-0.2, 0) is 9.53 Å². The molecule has 3 saturated heterocycles. The average Bonchev–Trinajstić information content (AvgIpc) is 3.60. The molecule has 1 N–H and O–H groups in total. The van der Waals surface area contributed by atoms with Crippen LogP contribution in [0.1, 0.15) is 36.8 Å². The van der Waals surface area contributed by atoms with Gasteiger partial charge in [0.15, 0.2) is 12.4 Å². The second kappa shape index (κ2) is 14.4. The topological polar surface area (TPSA) is 109 Å². The van der Waals surface area contributed by atoms with Gasteiger partial charge in [0.2, 0.25) is 5.91 Å². The van der Waals surface area contributed by atoms with Gasteiger partial charge in [0.1, 0.15) is 17.4 Å². The number of fused-ring (bicyclic) bond motifs is 2. The van der Waals surface area contributed by atoms with Gasteiger partial charge in [-0.1, -0.05) is 31.4 Å². The summed E-state index contributed by atoms with van der Waals surface area (Å²) in [5.74, 6) is 0.471. The summed E-state index contributed by atoms with van der Waals surface area (Å²) in [5, 5.41) is 8.59. The van der Waals surface area contributed by atoms with Crippen LogP contribution in [0, 0.1) is 12.3 Å². The number of hydrogen-bond donors (Lipinski definition) is 1. The molecule has 3 aliphatic rings. The van der Waals surface area contributed by atoms with Crippen LogP contribution in [0.4, 0.5) is 19.0 Å². The van der Waals surface area contributed by atoms with Gasteiger partial charge >= 0.3 is 12.2 Å². The molecule has 1 spiro atoms. The van der Waals surface area contributed by atoms with E-state index in [0.717, 1.165) is 56.3 Å². The molecule has 5 heterocycles. The number of aromatic nitrogens is 4. The largest absolute Gasteiger partial charge is 0.481 e. The van der Waals surface area contributed by atoms with E-state index in [-0.39, 0.29) is 34.7 Å². The van der Waals surface area contributed by atoms with Crippen LogP contribution in [-0.4, -0.2) is 114 Å². The van der Waals surface area contributed by atoms with Crippen LogP contribution in [0.15, 0.2) is 43.6 Å². The molecule has 2 aromatic heterocycles. The van der Waals surface area contributed by atoms with Crippen molar-refractivity contribution < 1.29 is 32.2 Å². The van der Waals surface area contributed by atoms with E-state index in [4.69, 9.17) is 24.2 Å². The van der Waals surface area contributed by atoms with Crippen molar-refractivity contribution in [3.05, 3.63) is 54.8 Å². The number of rotatable bonds is 11. The molecule has 0 bridgehead atoms. The van der Waals surface area contributed by atoms with Gasteiger partial charge in [-0.3, -0.25) is 9.89 Å². The molecule has 2 aromatic carbocycles. The van der Waals surface area contributed by atoms with Crippen molar-refractivity contribution in [3.8, 4) is 22.9 Å². The van der Waals surface area contributed by atoms with Crippen LogP contribution in [0.2, 0.25) is 0 Å². The third-order valence-corrected chi connectivity index (χ3v) is 10.7. The zero-order valence-corrected chi connectivity index (χ0v) is 29.6. The zero-order chi connectivity index (χ0) is 36.6. The number of anilines is 1. The quantitative estimate of drug-likeness (QED) is 0.182. The molecule has 0 unspecified atom stereocenters. The number of halogens is 3. The molecule has 0 saturated carbocycles. The van der Waals surface area contributed by atoms with E-state index in [2.05, 4.69) is 33.2 Å². The predicted octanol–water partition coefficient (Wildman–Crippen LogP) is 6.17. The Hall–Kier alpha value is -4.69. The Kier molecular flexibility index (Phi) is 9.87. The summed E-state index contributed by atoms with van der Waals surface area (Å²) in [6.07, 6.45) is 2.98. The number of likely N-dealkylation sites (tertiary alicyclic amines) is 2. The molecule has 276 valence electrons. The lowest BCUT2D eigenvalue weighted by Gasteiger charge is -2.54.